The highest BCUT2D eigenvalue weighted by Crippen LogP contribution is 2.42. The van der Waals surface area contributed by atoms with Crippen molar-refractivity contribution < 1.29 is 37.5 Å². The van der Waals surface area contributed by atoms with Crippen LogP contribution in [0.1, 0.15) is 102 Å². The smallest absolute Gasteiger partial charge is 0.272 e. The molecule has 1 aromatic carbocycles. The molecule has 2 aromatic rings. The SMILES string of the molecule is CCCC(NC(=O)C1CN(S(=O)(=O)c2ccc(C)cc2)CC1NC(=O)C(NC(=O)C(NC(=O)c1cnccn1)C1CCCCC1)C(C)(C)C)C(O)(C(N)=O)C1CC1. The zero-order valence-corrected chi connectivity index (χ0v) is 34.3. The normalized spacial score (nSPS) is 22.0. The number of aliphatic hydroxyl groups is 1. The van der Waals surface area contributed by atoms with E-state index in [2.05, 4.69) is 31.2 Å². The van der Waals surface area contributed by atoms with Crippen molar-refractivity contribution in [3.8, 4) is 0 Å². The topological polar surface area (TPSA) is 243 Å². The molecular formula is C40H58N8O8S. The van der Waals surface area contributed by atoms with E-state index in [0.717, 1.165) is 29.1 Å². The van der Waals surface area contributed by atoms with Crippen molar-refractivity contribution in [3.63, 3.8) is 0 Å². The average molecular weight is 811 g/mol. The molecule has 6 atom stereocenters. The Morgan fingerprint density at radius 2 is 1.60 bits per heavy atom. The molecule has 2 saturated carbocycles. The highest BCUT2D eigenvalue weighted by molar-refractivity contribution is 7.89. The molecule has 0 bridgehead atoms. The van der Waals surface area contributed by atoms with Crippen molar-refractivity contribution in [3.05, 3.63) is 54.1 Å². The van der Waals surface area contributed by atoms with E-state index in [1.165, 1.54) is 30.7 Å². The molecule has 0 radical (unpaired) electrons. The highest BCUT2D eigenvalue weighted by Gasteiger charge is 2.55. The Bertz CT molecular complexity index is 1880. The van der Waals surface area contributed by atoms with Crippen LogP contribution in [-0.4, -0.2) is 100 Å². The minimum atomic E-state index is -4.14. The van der Waals surface area contributed by atoms with E-state index < -0.39 is 86.6 Å². The fourth-order valence-electron chi connectivity index (χ4n) is 8.06. The van der Waals surface area contributed by atoms with Crippen molar-refractivity contribution in [2.75, 3.05) is 13.1 Å². The summed E-state index contributed by atoms with van der Waals surface area (Å²) < 4.78 is 29.0. The Kier molecular flexibility index (Phi) is 13.8. The van der Waals surface area contributed by atoms with Gasteiger partial charge in [-0.15, -0.1) is 0 Å². The van der Waals surface area contributed by atoms with Gasteiger partial charge in [-0.05, 0) is 68.4 Å². The summed E-state index contributed by atoms with van der Waals surface area (Å²) in [6.45, 7) is 8.36. The summed E-state index contributed by atoms with van der Waals surface area (Å²) in [4.78, 5) is 76.7. The monoisotopic (exact) mass is 810 g/mol. The number of nitrogens with one attached hydrogen (secondary N) is 4. The van der Waals surface area contributed by atoms with Crippen LogP contribution in [0.4, 0.5) is 0 Å². The van der Waals surface area contributed by atoms with E-state index in [0.29, 0.717) is 32.1 Å². The van der Waals surface area contributed by atoms with Gasteiger partial charge >= 0.3 is 0 Å². The second kappa shape index (κ2) is 18.0. The lowest BCUT2D eigenvalue weighted by Crippen LogP contribution is -2.63. The van der Waals surface area contributed by atoms with E-state index in [9.17, 15) is 37.5 Å². The first-order valence-corrected chi connectivity index (χ1v) is 21.4. The molecule has 16 nitrogen and oxygen atoms in total. The lowest BCUT2D eigenvalue weighted by Gasteiger charge is -2.36. The van der Waals surface area contributed by atoms with E-state index in [4.69, 9.17) is 5.73 Å². The third-order valence-electron chi connectivity index (χ3n) is 11.5. The van der Waals surface area contributed by atoms with Crippen LogP contribution in [0.3, 0.4) is 0 Å². The number of nitrogens with zero attached hydrogens (tertiary/aromatic N) is 3. The molecule has 2 aliphatic carbocycles. The molecule has 6 unspecified atom stereocenters. The quantitative estimate of drug-likeness (QED) is 0.143. The Balaban J connectivity index is 1.42. The van der Waals surface area contributed by atoms with Crippen molar-refractivity contribution in [1.29, 1.82) is 0 Å². The van der Waals surface area contributed by atoms with Gasteiger partial charge in [-0.3, -0.25) is 29.0 Å². The molecule has 17 heteroatoms. The number of sulfonamides is 1. The zero-order valence-electron chi connectivity index (χ0n) is 33.5. The fourth-order valence-corrected chi connectivity index (χ4v) is 9.55. The van der Waals surface area contributed by atoms with Gasteiger partial charge in [-0.2, -0.15) is 4.31 Å². The third kappa shape index (κ3) is 10.2. The number of aryl methyl sites for hydroxylation is 1. The average Bonchev–Trinajstić information content (AvgIpc) is 3.95. The lowest BCUT2D eigenvalue weighted by atomic mass is 9.82. The molecule has 1 saturated heterocycles. The minimum absolute atomic E-state index is 0.0112. The molecule has 0 spiro atoms. The van der Waals surface area contributed by atoms with Gasteiger partial charge in [-0.1, -0.05) is 71.1 Å². The third-order valence-corrected chi connectivity index (χ3v) is 13.4. The van der Waals surface area contributed by atoms with Gasteiger partial charge in [0.25, 0.3) is 11.8 Å². The van der Waals surface area contributed by atoms with Crippen LogP contribution in [0.25, 0.3) is 0 Å². The Hall–Kier alpha value is -4.48. The van der Waals surface area contributed by atoms with E-state index in [1.807, 2.05) is 13.8 Å². The number of benzene rings is 1. The van der Waals surface area contributed by atoms with Crippen LogP contribution >= 0.6 is 0 Å². The predicted molar refractivity (Wildman–Crippen MR) is 210 cm³/mol. The van der Waals surface area contributed by atoms with Crippen LogP contribution in [0.5, 0.6) is 0 Å². The summed E-state index contributed by atoms with van der Waals surface area (Å²) in [6, 6.07) is 1.99. The summed E-state index contributed by atoms with van der Waals surface area (Å²) in [6.07, 6.45) is 10.1. The molecule has 2 heterocycles. The van der Waals surface area contributed by atoms with Gasteiger partial charge < -0.3 is 32.1 Å². The maximum absolute atomic E-state index is 14.4. The summed E-state index contributed by atoms with van der Waals surface area (Å²) >= 11 is 0. The number of carbonyl (C=O) groups excluding carboxylic acids is 5. The number of hydrogen-bond donors (Lipinski definition) is 6. The Morgan fingerprint density at radius 3 is 2.16 bits per heavy atom. The summed E-state index contributed by atoms with van der Waals surface area (Å²) in [7, 11) is -4.14. The molecule has 3 fully saturated rings. The van der Waals surface area contributed by atoms with Crippen molar-refractivity contribution >= 4 is 39.6 Å². The van der Waals surface area contributed by atoms with Crippen LogP contribution in [0, 0.1) is 30.1 Å². The van der Waals surface area contributed by atoms with Crippen LogP contribution < -0.4 is 27.0 Å². The number of aromatic nitrogens is 2. The van der Waals surface area contributed by atoms with Gasteiger partial charge in [-0.25, -0.2) is 13.4 Å². The first-order valence-electron chi connectivity index (χ1n) is 19.9. The van der Waals surface area contributed by atoms with Crippen molar-refractivity contribution in [1.82, 2.24) is 35.5 Å². The van der Waals surface area contributed by atoms with Crippen LogP contribution in [0.15, 0.2) is 47.8 Å². The molecule has 7 N–H and O–H groups in total. The Labute approximate surface area is 335 Å². The molecule has 5 amide bonds. The first kappa shape index (κ1) is 43.6. The molecule has 1 aliphatic heterocycles. The summed E-state index contributed by atoms with van der Waals surface area (Å²) in [5.74, 6) is -5.19. The van der Waals surface area contributed by atoms with Crippen molar-refractivity contribution in [2.24, 2.45) is 28.9 Å². The second-order valence-electron chi connectivity index (χ2n) is 16.9. The van der Waals surface area contributed by atoms with E-state index >= 15 is 0 Å². The highest BCUT2D eigenvalue weighted by atomic mass is 32.2. The van der Waals surface area contributed by atoms with Crippen LogP contribution in [-0.2, 0) is 29.2 Å². The second-order valence-corrected chi connectivity index (χ2v) is 18.9. The van der Waals surface area contributed by atoms with Gasteiger partial charge in [0.15, 0.2) is 5.60 Å². The minimum Gasteiger partial charge on any atom is -0.378 e. The number of nitrogens with two attached hydrogens (primary N) is 1. The maximum Gasteiger partial charge on any atom is 0.272 e. The van der Waals surface area contributed by atoms with Gasteiger partial charge in [0.2, 0.25) is 27.7 Å². The molecule has 57 heavy (non-hydrogen) atoms. The molecule has 312 valence electrons. The standard InChI is InChI=1S/C40H58N8O8S/c1-6-10-31(40(54,38(41)53)26-15-16-26)45-34(49)28-22-48(57(55,56)27-17-13-24(2)14-18-27)23-30(28)44-37(52)33(39(3,4)5)47-36(51)32(25-11-8-7-9-12-25)46-35(50)29-21-42-19-20-43-29/h13-14,17-21,25-26,28,30-33,54H,6-12,15-16,22-23H2,1-5H3,(H2,41,53)(H,44,52)(H,45,49)(H,46,50)(H,47,51). The number of primary amides is 1. The summed E-state index contributed by atoms with van der Waals surface area (Å²) in [5, 5.41) is 23.0. The zero-order chi connectivity index (χ0) is 41.7. The lowest BCUT2D eigenvalue weighted by molar-refractivity contribution is -0.145. The van der Waals surface area contributed by atoms with E-state index in [-0.39, 0.29) is 36.0 Å². The van der Waals surface area contributed by atoms with E-state index in [1.54, 1.807) is 32.9 Å². The van der Waals surface area contributed by atoms with Crippen LogP contribution in [0.2, 0.25) is 0 Å². The number of amides is 5. The predicted octanol–water partition coefficient (Wildman–Crippen LogP) is 1.71. The van der Waals surface area contributed by atoms with Crippen molar-refractivity contribution in [2.45, 2.75) is 127 Å². The first-order chi connectivity index (χ1) is 26.9. The summed E-state index contributed by atoms with van der Waals surface area (Å²) in [5.41, 5.74) is 3.72. The van der Waals surface area contributed by atoms with Gasteiger partial charge in [0, 0.05) is 25.5 Å². The number of carbonyl (C=O) groups is 5. The van der Waals surface area contributed by atoms with Gasteiger partial charge in [0.05, 0.1) is 29.1 Å². The number of rotatable bonds is 16. The molecule has 1 aromatic heterocycles. The Morgan fingerprint density at radius 1 is 0.930 bits per heavy atom. The molecule has 5 rings (SSSR count). The number of hydrogen-bond acceptors (Lipinski definition) is 10. The van der Waals surface area contributed by atoms with Gasteiger partial charge in [0.1, 0.15) is 17.8 Å². The molecule has 3 aliphatic rings. The fraction of sp³-hybridized carbons (Fsp3) is 0.625. The maximum atomic E-state index is 14.4. The largest absolute Gasteiger partial charge is 0.378 e. The molecular weight excluding hydrogens is 753 g/mol.